The van der Waals surface area contributed by atoms with Gasteiger partial charge in [-0.25, -0.2) is 9.97 Å². The predicted molar refractivity (Wildman–Crippen MR) is 109 cm³/mol. The van der Waals surface area contributed by atoms with E-state index in [0.717, 1.165) is 12.1 Å². The first-order valence-corrected chi connectivity index (χ1v) is 9.92. The number of hydrogen-bond acceptors (Lipinski definition) is 5. The number of aromatic nitrogens is 4. The topological polar surface area (TPSA) is 96.8 Å². The second-order valence-corrected chi connectivity index (χ2v) is 8.00. The number of aryl methyl sites for hydroxylation is 1. The summed E-state index contributed by atoms with van der Waals surface area (Å²) in [5.74, 6) is 0.861. The van der Waals surface area contributed by atoms with Crippen LogP contribution in [0.4, 0.5) is 0 Å². The number of hydrogen-bond donors (Lipinski definition) is 0. The van der Waals surface area contributed by atoms with Crippen LogP contribution >= 0.6 is 0 Å². The van der Waals surface area contributed by atoms with E-state index in [9.17, 15) is 9.59 Å². The fraction of sp³-hybridized carbons (Fsp3) is 0.318. The largest absolute Gasteiger partial charge is 0.336 e. The number of rotatable bonds is 2. The number of likely N-dealkylation sites (tertiary alicyclic amines) is 1. The van der Waals surface area contributed by atoms with Gasteiger partial charge in [0.15, 0.2) is 0 Å². The number of nitrogens with zero attached hydrogens (tertiary/aromatic N) is 6. The lowest BCUT2D eigenvalue weighted by Crippen LogP contribution is -2.49. The van der Waals surface area contributed by atoms with Crippen LogP contribution in [0.5, 0.6) is 0 Å². The smallest absolute Gasteiger partial charge is 0.272 e. The second kappa shape index (κ2) is 6.95. The van der Waals surface area contributed by atoms with Crippen LogP contribution in [0.3, 0.4) is 0 Å². The normalized spacial score (nSPS) is 19.8. The Kier molecular flexibility index (Phi) is 4.24. The van der Waals surface area contributed by atoms with Crippen molar-refractivity contribution in [3.05, 3.63) is 70.2 Å². The van der Waals surface area contributed by atoms with Crippen molar-refractivity contribution in [2.75, 3.05) is 13.1 Å². The van der Waals surface area contributed by atoms with Crippen LogP contribution in [0.25, 0.3) is 11.4 Å². The lowest BCUT2D eigenvalue weighted by atomic mass is 9.82. The van der Waals surface area contributed by atoms with E-state index in [1.54, 1.807) is 18.3 Å². The second-order valence-electron chi connectivity index (χ2n) is 8.00. The molecule has 0 aromatic carbocycles. The van der Waals surface area contributed by atoms with Crippen LogP contribution in [-0.2, 0) is 13.6 Å². The fourth-order valence-electron chi connectivity index (χ4n) is 4.66. The summed E-state index contributed by atoms with van der Waals surface area (Å²) in [6.45, 7) is 1.74. The molecule has 2 aliphatic rings. The molecule has 0 radical (unpaired) electrons. The molecule has 1 fully saturated rings. The third-order valence-electron chi connectivity index (χ3n) is 6.07. The highest BCUT2D eigenvalue weighted by atomic mass is 16.2. The molecule has 0 aliphatic carbocycles. The molecule has 5 heterocycles. The monoisotopic (exact) mass is 400 g/mol. The lowest BCUT2D eigenvalue weighted by molar-refractivity contribution is 0.0589. The van der Waals surface area contributed by atoms with Crippen LogP contribution in [0.2, 0.25) is 0 Å². The zero-order valence-electron chi connectivity index (χ0n) is 16.5. The first kappa shape index (κ1) is 18.3. The van der Waals surface area contributed by atoms with Crippen molar-refractivity contribution in [3.63, 3.8) is 0 Å². The van der Waals surface area contributed by atoms with Gasteiger partial charge in [-0.15, -0.1) is 0 Å². The molecule has 5 rings (SSSR count). The highest BCUT2D eigenvalue weighted by molar-refractivity contribution is 5.92. The maximum absolute atomic E-state index is 13.2. The van der Waals surface area contributed by atoms with Gasteiger partial charge < -0.3 is 14.0 Å². The van der Waals surface area contributed by atoms with Crippen molar-refractivity contribution in [2.45, 2.75) is 18.9 Å². The molecule has 0 saturated carbocycles. The van der Waals surface area contributed by atoms with Crippen molar-refractivity contribution >= 4 is 5.91 Å². The van der Waals surface area contributed by atoms with Crippen LogP contribution in [0.15, 0.2) is 47.7 Å². The number of fused-ring (bicyclic) bond motifs is 4. The van der Waals surface area contributed by atoms with Gasteiger partial charge in [0.05, 0.1) is 11.1 Å². The number of pyridine rings is 2. The van der Waals surface area contributed by atoms with Gasteiger partial charge in [-0.1, -0.05) is 0 Å². The third-order valence-corrected chi connectivity index (χ3v) is 6.07. The number of piperidine rings is 1. The van der Waals surface area contributed by atoms with Gasteiger partial charge in [-0.05, 0) is 36.6 Å². The molecule has 8 heteroatoms. The third kappa shape index (κ3) is 2.90. The van der Waals surface area contributed by atoms with E-state index < -0.39 is 0 Å². The van der Waals surface area contributed by atoms with Crippen molar-refractivity contribution in [1.82, 2.24) is 24.0 Å². The van der Waals surface area contributed by atoms with E-state index in [0.29, 0.717) is 42.3 Å². The molecule has 0 unspecified atom stereocenters. The quantitative estimate of drug-likeness (QED) is 0.653. The van der Waals surface area contributed by atoms with Crippen LogP contribution in [-0.4, -0.2) is 43.0 Å². The molecule has 1 saturated heterocycles. The molecule has 30 heavy (non-hydrogen) atoms. The summed E-state index contributed by atoms with van der Waals surface area (Å²) < 4.78 is 3.71. The molecule has 1 amide bonds. The highest BCUT2D eigenvalue weighted by Crippen LogP contribution is 2.36. The fourth-order valence-corrected chi connectivity index (χ4v) is 4.66. The Balaban J connectivity index is 1.44. The minimum Gasteiger partial charge on any atom is -0.336 e. The Hall–Kier alpha value is -3.73. The Labute approximate surface area is 173 Å². The van der Waals surface area contributed by atoms with Crippen molar-refractivity contribution in [1.29, 1.82) is 5.26 Å². The Bertz CT molecular complexity index is 1230. The zero-order valence-corrected chi connectivity index (χ0v) is 16.5. The minimum atomic E-state index is -0.130. The summed E-state index contributed by atoms with van der Waals surface area (Å²) in [6.07, 6.45) is 5.90. The van der Waals surface area contributed by atoms with Gasteiger partial charge in [0, 0.05) is 56.9 Å². The predicted octanol–water partition coefficient (Wildman–Crippen LogP) is 1.77. The SMILES string of the molecule is Cn1ccnc1-c1ccc2n(c1=O)C[C@H]1C[C@@H]2CN(C(=O)c2ccc(C#N)cn2)C1. The van der Waals surface area contributed by atoms with Crippen LogP contribution < -0.4 is 5.56 Å². The van der Waals surface area contributed by atoms with E-state index in [1.165, 1.54) is 6.20 Å². The molecule has 2 bridgehead atoms. The van der Waals surface area contributed by atoms with Crippen molar-refractivity contribution in [3.8, 4) is 17.5 Å². The van der Waals surface area contributed by atoms with Crippen molar-refractivity contribution in [2.24, 2.45) is 13.0 Å². The van der Waals surface area contributed by atoms with E-state index in [4.69, 9.17) is 5.26 Å². The maximum atomic E-state index is 13.2. The number of carbonyl (C=O) groups excluding carboxylic acids is 1. The molecule has 3 aromatic rings. The Morgan fingerprint density at radius 3 is 2.73 bits per heavy atom. The van der Waals surface area contributed by atoms with E-state index in [-0.39, 0.29) is 23.3 Å². The average molecular weight is 400 g/mol. The van der Waals surface area contributed by atoms with Gasteiger partial charge >= 0.3 is 0 Å². The number of nitriles is 1. The van der Waals surface area contributed by atoms with Gasteiger partial charge in [0.2, 0.25) is 0 Å². The molecule has 0 N–H and O–H groups in total. The van der Waals surface area contributed by atoms with Gasteiger partial charge in [0.25, 0.3) is 11.5 Å². The number of amides is 1. The Morgan fingerprint density at radius 1 is 1.17 bits per heavy atom. The highest BCUT2D eigenvalue weighted by Gasteiger charge is 2.37. The maximum Gasteiger partial charge on any atom is 0.272 e. The molecule has 3 aromatic heterocycles. The van der Waals surface area contributed by atoms with Crippen LogP contribution in [0.1, 0.15) is 34.1 Å². The summed E-state index contributed by atoms with van der Waals surface area (Å²) in [7, 11) is 1.88. The minimum absolute atomic E-state index is 0.0231. The summed E-state index contributed by atoms with van der Waals surface area (Å²) in [5.41, 5.74) is 2.32. The zero-order chi connectivity index (χ0) is 20.8. The van der Waals surface area contributed by atoms with E-state index in [2.05, 4.69) is 9.97 Å². The average Bonchev–Trinajstić information content (AvgIpc) is 3.19. The molecule has 2 aliphatic heterocycles. The van der Waals surface area contributed by atoms with Crippen LogP contribution in [0, 0.1) is 17.2 Å². The van der Waals surface area contributed by atoms with Gasteiger partial charge in [-0.2, -0.15) is 5.26 Å². The first-order chi connectivity index (χ1) is 14.5. The molecule has 150 valence electrons. The van der Waals surface area contributed by atoms with Crippen molar-refractivity contribution < 1.29 is 4.79 Å². The summed E-state index contributed by atoms with van der Waals surface area (Å²) in [6, 6.07) is 9.07. The molecular weight excluding hydrogens is 380 g/mol. The standard InChI is InChI=1S/C22H20N6O2/c1-26-7-6-24-20(26)17-3-5-19-16-8-15(12-28(19)21(17)29)11-27(13-16)22(30)18-4-2-14(9-23)10-25-18/h2-7,10,15-16H,8,11-13H2,1H3/t15-,16+/m0/s1. The van der Waals surface area contributed by atoms with E-state index in [1.807, 2.05) is 45.5 Å². The summed E-state index contributed by atoms with van der Waals surface area (Å²) in [4.78, 5) is 36.4. The number of carbonyl (C=O) groups is 1. The first-order valence-electron chi connectivity index (χ1n) is 9.92. The summed E-state index contributed by atoms with van der Waals surface area (Å²) in [5, 5.41) is 8.92. The Morgan fingerprint density at radius 2 is 2.03 bits per heavy atom. The molecule has 2 atom stereocenters. The summed E-state index contributed by atoms with van der Waals surface area (Å²) >= 11 is 0. The van der Waals surface area contributed by atoms with Gasteiger partial charge in [0.1, 0.15) is 17.6 Å². The van der Waals surface area contributed by atoms with E-state index >= 15 is 0 Å². The molecular formula is C22H20N6O2. The molecule has 8 nitrogen and oxygen atoms in total. The van der Waals surface area contributed by atoms with Gasteiger partial charge in [-0.3, -0.25) is 9.59 Å². The lowest BCUT2D eigenvalue weighted by Gasteiger charge is -2.42. The number of imidazole rings is 1. The molecule has 0 spiro atoms.